The van der Waals surface area contributed by atoms with Gasteiger partial charge in [-0.2, -0.15) is 0 Å². The molecule has 0 aromatic rings. The predicted molar refractivity (Wildman–Crippen MR) is 62.3 cm³/mol. The molecule has 0 aromatic heterocycles. The molecule has 2 heteroatoms. The van der Waals surface area contributed by atoms with E-state index in [0.29, 0.717) is 0 Å². The van der Waals surface area contributed by atoms with Gasteiger partial charge in [0.05, 0.1) is 0 Å². The molecule has 0 radical (unpaired) electrons. The van der Waals surface area contributed by atoms with E-state index in [1.54, 1.807) is 6.92 Å². The Balaban J connectivity index is 4.77. The zero-order valence-corrected chi connectivity index (χ0v) is 10.8. The maximum absolute atomic E-state index is 13.8. The molecular formula is C13H26F2. The largest absolute Gasteiger partial charge is 0.251 e. The molecule has 0 saturated heterocycles. The smallest absolute Gasteiger partial charge is 0.207 e. The highest BCUT2D eigenvalue weighted by molar-refractivity contribution is 4.83. The standard InChI is InChI=1S/C13H26F2/c1-6-9-11(7-2)12(10(4)5)13(14,15)8-3/h10-12H,6-9H2,1-5H3. The average molecular weight is 220 g/mol. The van der Waals surface area contributed by atoms with Crippen LogP contribution in [-0.4, -0.2) is 5.92 Å². The lowest BCUT2D eigenvalue weighted by Gasteiger charge is -2.35. The fraction of sp³-hybridized carbons (Fsp3) is 1.00. The van der Waals surface area contributed by atoms with Crippen molar-refractivity contribution >= 4 is 0 Å². The Bertz CT molecular complexity index is 164. The van der Waals surface area contributed by atoms with Gasteiger partial charge in [0, 0.05) is 12.3 Å². The lowest BCUT2D eigenvalue weighted by molar-refractivity contribution is -0.103. The number of halogens is 2. The molecule has 2 unspecified atom stereocenters. The summed E-state index contributed by atoms with van der Waals surface area (Å²) in [6.45, 7) is 9.54. The molecule has 92 valence electrons. The molecule has 15 heavy (non-hydrogen) atoms. The van der Waals surface area contributed by atoms with Crippen molar-refractivity contribution in [2.45, 2.75) is 66.2 Å². The second kappa shape index (κ2) is 6.44. The van der Waals surface area contributed by atoms with Crippen LogP contribution in [0.1, 0.15) is 60.3 Å². The summed E-state index contributed by atoms with van der Waals surface area (Å²) in [5, 5.41) is 0. The maximum Gasteiger partial charge on any atom is 0.251 e. The molecule has 0 amide bonds. The van der Waals surface area contributed by atoms with Crippen molar-refractivity contribution in [1.29, 1.82) is 0 Å². The van der Waals surface area contributed by atoms with Crippen molar-refractivity contribution in [3.63, 3.8) is 0 Å². The maximum atomic E-state index is 13.8. The molecule has 0 rings (SSSR count). The van der Waals surface area contributed by atoms with Crippen molar-refractivity contribution in [1.82, 2.24) is 0 Å². The second-order valence-electron chi connectivity index (χ2n) is 4.84. The molecule has 0 heterocycles. The third-order valence-corrected chi connectivity index (χ3v) is 3.37. The first-order valence-corrected chi connectivity index (χ1v) is 6.28. The van der Waals surface area contributed by atoms with Gasteiger partial charge in [-0.05, 0) is 11.8 Å². The van der Waals surface area contributed by atoms with Crippen LogP contribution in [0.5, 0.6) is 0 Å². The molecule has 0 aliphatic rings. The molecule has 0 aromatic carbocycles. The van der Waals surface area contributed by atoms with Gasteiger partial charge < -0.3 is 0 Å². The van der Waals surface area contributed by atoms with Gasteiger partial charge >= 0.3 is 0 Å². The Morgan fingerprint density at radius 3 is 1.87 bits per heavy atom. The van der Waals surface area contributed by atoms with E-state index in [2.05, 4.69) is 6.92 Å². The summed E-state index contributed by atoms with van der Waals surface area (Å²) < 4.78 is 27.7. The van der Waals surface area contributed by atoms with Crippen LogP contribution in [0, 0.1) is 17.8 Å². The normalized spacial score (nSPS) is 16.8. The first kappa shape index (κ1) is 14.9. The summed E-state index contributed by atoms with van der Waals surface area (Å²) in [7, 11) is 0. The van der Waals surface area contributed by atoms with Crippen LogP contribution in [0.15, 0.2) is 0 Å². The van der Waals surface area contributed by atoms with Crippen LogP contribution >= 0.6 is 0 Å². The summed E-state index contributed by atoms with van der Waals surface area (Å²) in [6, 6.07) is 0. The molecule has 0 aliphatic carbocycles. The summed E-state index contributed by atoms with van der Waals surface area (Å²) in [5.74, 6) is -2.71. The molecule has 0 fully saturated rings. The van der Waals surface area contributed by atoms with Gasteiger partial charge in [-0.15, -0.1) is 0 Å². The Morgan fingerprint density at radius 1 is 1.07 bits per heavy atom. The van der Waals surface area contributed by atoms with Gasteiger partial charge in [0.15, 0.2) is 0 Å². The fourth-order valence-corrected chi connectivity index (χ4v) is 2.62. The SMILES string of the molecule is CCCC(CC)C(C(C)C)C(F)(F)CC. The lowest BCUT2D eigenvalue weighted by Crippen LogP contribution is -2.37. The number of hydrogen-bond donors (Lipinski definition) is 0. The van der Waals surface area contributed by atoms with Gasteiger partial charge in [-0.1, -0.05) is 53.9 Å². The highest BCUT2D eigenvalue weighted by Crippen LogP contribution is 2.41. The Kier molecular flexibility index (Phi) is 6.38. The van der Waals surface area contributed by atoms with Gasteiger partial charge in [0.2, 0.25) is 0 Å². The molecular weight excluding hydrogens is 194 g/mol. The van der Waals surface area contributed by atoms with E-state index in [9.17, 15) is 8.78 Å². The van der Waals surface area contributed by atoms with E-state index in [1.165, 1.54) is 0 Å². The summed E-state index contributed by atoms with van der Waals surface area (Å²) in [5.41, 5.74) is 0. The minimum atomic E-state index is -2.50. The molecule has 2 atom stereocenters. The number of rotatable bonds is 7. The van der Waals surface area contributed by atoms with Crippen molar-refractivity contribution in [3.8, 4) is 0 Å². The molecule has 0 bridgehead atoms. The average Bonchev–Trinajstić information content (AvgIpc) is 2.16. The highest BCUT2D eigenvalue weighted by Gasteiger charge is 2.43. The third kappa shape index (κ3) is 4.08. The van der Waals surface area contributed by atoms with E-state index >= 15 is 0 Å². The van der Waals surface area contributed by atoms with Crippen LogP contribution in [0.25, 0.3) is 0 Å². The Hall–Kier alpha value is -0.140. The van der Waals surface area contributed by atoms with Crippen molar-refractivity contribution in [3.05, 3.63) is 0 Å². The molecule has 0 spiro atoms. The molecule has 0 saturated carbocycles. The third-order valence-electron chi connectivity index (χ3n) is 3.37. The zero-order valence-electron chi connectivity index (χ0n) is 10.8. The van der Waals surface area contributed by atoms with Gasteiger partial charge in [-0.3, -0.25) is 0 Å². The van der Waals surface area contributed by atoms with Crippen LogP contribution in [0.2, 0.25) is 0 Å². The van der Waals surface area contributed by atoms with Crippen LogP contribution in [-0.2, 0) is 0 Å². The summed E-state index contributed by atoms with van der Waals surface area (Å²) >= 11 is 0. The number of alkyl halides is 2. The molecule has 0 N–H and O–H groups in total. The summed E-state index contributed by atoms with van der Waals surface area (Å²) in [4.78, 5) is 0. The minimum Gasteiger partial charge on any atom is -0.207 e. The quantitative estimate of drug-likeness (QED) is 0.558. The van der Waals surface area contributed by atoms with Crippen molar-refractivity contribution in [2.24, 2.45) is 17.8 Å². The summed E-state index contributed by atoms with van der Waals surface area (Å²) in [6.07, 6.45) is 2.76. The topological polar surface area (TPSA) is 0 Å². The minimum absolute atomic E-state index is 0.0317. The fourth-order valence-electron chi connectivity index (χ4n) is 2.62. The number of hydrogen-bond acceptors (Lipinski definition) is 0. The second-order valence-corrected chi connectivity index (χ2v) is 4.84. The first-order valence-electron chi connectivity index (χ1n) is 6.28. The zero-order chi connectivity index (χ0) is 12.1. The van der Waals surface area contributed by atoms with Gasteiger partial charge in [0.25, 0.3) is 5.92 Å². The monoisotopic (exact) mass is 220 g/mol. The van der Waals surface area contributed by atoms with Crippen molar-refractivity contribution in [2.75, 3.05) is 0 Å². The first-order chi connectivity index (χ1) is 6.90. The Labute approximate surface area is 93.4 Å². The lowest BCUT2D eigenvalue weighted by atomic mass is 9.75. The van der Waals surface area contributed by atoms with Crippen LogP contribution in [0.4, 0.5) is 8.78 Å². The van der Waals surface area contributed by atoms with E-state index in [1.807, 2.05) is 20.8 Å². The van der Waals surface area contributed by atoms with E-state index in [4.69, 9.17) is 0 Å². The van der Waals surface area contributed by atoms with Crippen molar-refractivity contribution < 1.29 is 8.78 Å². The van der Waals surface area contributed by atoms with E-state index in [-0.39, 0.29) is 18.3 Å². The van der Waals surface area contributed by atoms with E-state index < -0.39 is 11.8 Å². The molecule has 0 nitrogen and oxygen atoms in total. The predicted octanol–water partition coefficient (Wildman–Crippen LogP) is 5.13. The Morgan fingerprint density at radius 2 is 1.60 bits per heavy atom. The van der Waals surface area contributed by atoms with Crippen LogP contribution < -0.4 is 0 Å². The van der Waals surface area contributed by atoms with Gasteiger partial charge in [0.1, 0.15) is 0 Å². The van der Waals surface area contributed by atoms with Crippen LogP contribution in [0.3, 0.4) is 0 Å². The highest BCUT2D eigenvalue weighted by atomic mass is 19.3. The molecule has 0 aliphatic heterocycles. The van der Waals surface area contributed by atoms with Gasteiger partial charge in [-0.25, -0.2) is 8.78 Å². The van der Waals surface area contributed by atoms with E-state index in [0.717, 1.165) is 19.3 Å².